The standard InChI is InChI=1S/C10H20N2O2/c13-10(3-5-14-8-10)7-11-6-9-2-1-4-12-9/h9,11-13H,1-8H2. The van der Waals surface area contributed by atoms with Crippen LogP contribution in [0.2, 0.25) is 0 Å². The summed E-state index contributed by atoms with van der Waals surface area (Å²) in [6, 6.07) is 0.598. The van der Waals surface area contributed by atoms with Gasteiger partial charge in [0.1, 0.15) is 5.60 Å². The molecule has 2 fully saturated rings. The van der Waals surface area contributed by atoms with Gasteiger partial charge in [-0.05, 0) is 19.4 Å². The summed E-state index contributed by atoms with van der Waals surface area (Å²) in [6.07, 6.45) is 3.29. The quantitative estimate of drug-likeness (QED) is 0.571. The summed E-state index contributed by atoms with van der Waals surface area (Å²) >= 11 is 0. The van der Waals surface area contributed by atoms with E-state index in [0.29, 0.717) is 25.8 Å². The van der Waals surface area contributed by atoms with E-state index in [1.54, 1.807) is 0 Å². The minimum absolute atomic E-state index is 0.484. The molecule has 14 heavy (non-hydrogen) atoms. The van der Waals surface area contributed by atoms with Crippen LogP contribution < -0.4 is 10.6 Å². The second-order valence-electron chi connectivity index (χ2n) is 4.45. The summed E-state index contributed by atoms with van der Waals surface area (Å²) in [6.45, 7) is 3.94. The van der Waals surface area contributed by atoms with Crippen LogP contribution in [0.15, 0.2) is 0 Å². The van der Waals surface area contributed by atoms with Crippen LogP contribution in [0.1, 0.15) is 19.3 Å². The van der Waals surface area contributed by atoms with E-state index in [1.807, 2.05) is 0 Å². The molecule has 0 aromatic rings. The molecule has 0 radical (unpaired) electrons. The van der Waals surface area contributed by atoms with Gasteiger partial charge in [0.15, 0.2) is 0 Å². The monoisotopic (exact) mass is 200 g/mol. The molecule has 4 nitrogen and oxygen atoms in total. The average molecular weight is 200 g/mol. The second kappa shape index (κ2) is 4.57. The molecule has 0 aromatic carbocycles. The van der Waals surface area contributed by atoms with Gasteiger partial charge >= 0.3 is 0 Å². The first-order valence-electron chi connectivity index (χ1n) is 5.53. The first-order chi connectivity index (χ1) is 6.79. The van der Waals surface area contributed by atoms with Gasteiger partial charge in [-0.15, -0.1) is 0 Å². The molecule has 0 bridgehead atoms. The van der Waals surface area contributed by atoms with Crippen LogP contribution in [0.5, 0.6) is 0 Å². The van der Waals surface area contributed by atoms with Gasteiger partial charge in [-0.25, -0.2) is 0 Å². The van der Waals surface area contributed by atoms with Crippen LogP contribution in [0, 0.1) is 0 Å². The van der Waals surface area contributed by atoms with Crippen LogP contribution >= 0.6 is 0 Å². The first kappa shape index (κ1) is 10.4. The molecule has 2 aliphatic rings. The van der Waals surface area contributed by atoms with E-state index in [9.17, 15) is 5.11 Å². The fourth-order valence-electron chi connectivity index (χ4n) is 2.15. The van der Waals surface area contributed by atoms with E-state index in [-0.39, 0.29) is 0 Å². The molecule has 2 atom stereocenters. The Morgan fingerprint density at radius 3 is 3.14 bits per heavy atom. The smallest absolute Gasteiger partial charge is 0.102 e. The Balaban J connectivity index is 1.61. The largest absolute Gasteiger partial charge is 0.386 e. The Hall–Kier alpha value is -0.160. The number of aliphatic hydroxyl groups is 1. The van der Waals surface area contributed by atoms with Crippen LogP contribution in [0.3, 0.4) is 0 Å². The molecule has 2 saturated heterocycles. The molecule has 2 heterocycles. The van der Waals surface area contributed by atoms with Gasteiger partial charge in [0.05, 0.1) is 6.61 Å². The van der Waals surface area contributed by atoms with Crippen molar-refractivity contribution in [3.8, 4) is 0 Å². The number of hydrogen-bond acceptors (Lipinski definition) is 4. The maximum Gasteiger partial charge on any atom is 0.102 e. The highest BCUT2D eigenvalue weighted by atomic mass is 16.5. The molecule has 3 N–H and O–H groups in total. The zero-order chi connectivity index (χ0) is 9.86. The van der Waals surface area contributed by atoms with Gasteiger partial charge in [0.2, 0.25) is 0 Å². The molecular weight excluding hydrogens is 180 g/mol. The number of rotatable bonds is 4. The predicted octanol–water partition coefficient (Wildman–Crippen LogP) is -0.521. The average Bonchev–Trinajstić information content (AvgIpc) is 2.77. The molecule has 2 unspecified atom stereocenters. The van der Waals surface area contributed by atoms with E-state index >= 15 is 0 Å². The summed E-state index contributed by atoms with van der Waals surface area (Å²) in [5, 5.41) is 16.7. The third kappa shape index (κ3) is 2.67. The maximum atomic E-state index is 9.96. The van der Waals surface area contributed by atoms with Crippen molar-refractivity contribution < 1.29 is 9.84 Å². The molecule has 2 aliphatic heterocycles. The molecular formula is C10H20N2O2. The molecule has 0 spiro atoms. The lowest BCUT2D eigenvalue weighted by Gasteiger charge is -2.22. The Labute approximate surface area is 85.0 Å². The highest BCUT2D eigenvalue weighted by molar-refractivity contribution is 4.86. The highest BCUT2D eigenvalue weighted by Crippen LogP contribution is 2.16. The number of nitrogens with one attached hydrogen (secondary N) is 2. The Morgan fingerprint density at radius 2 is 2.50 bits per heavy atom. The molecule has 4 heteroatoms. The van der Waals surface area contributed by atoms with Crippen molar-refractivity contribution in [3.05, 3.63) is 0 Å². The van der Waals surface area contributed by atoms with Gasteiger partial charge in [-0.3, -0.25) is 0 Å². The van der Waals surface area contributed by atoms with E-state index in [0.717, 1.165) is 19.5 Å². The maximum absolute atomic E-state index is 9.96. The molecule has 0 aliphatic carbocycles. The van der Waals surface area contributed by atoms with Gasteiger partial charge in [-0.2, -0.15) is 0 Å². The van der Waals surface area contributed by atoms with Crippen molar-refractivity contribution in [1.82, 2.24) is 10.6 Å². The summed E-state index contributed by atoms with van der Waals surface area (Å²) < 4.78 is 5.18. The van der Waals surface area contributed by atoms with E-state index in [2.05, 4.69) is 10.6 Å². The number of ether oxygens (including phenoxy) is 1. The lowest BCUT2D eigenvalue weighted by molar-refractivity contribution is 0.0269. The topological polar surface area (TPSA) is 53.5 Å². The van der Waals surface area contributed by atoms with Crippen molar-refractivity contribution in [2.24, 2.45) is 0 Å². The summed E-state index contributed by atoms with van der Waals surface area (Å²) in [4.78, 5) is 0. The van der Waals surface area contributed by atoms with Crippen LogP contribution in [0.25, 0.3) is 0 Å². The second-order valence-corrected chi connectivity index (χ2v) is 4.45. The molecule has 0 saturated carbocycles. The lowest BCUT2D eigenvalue weighted by atomic mass is 10.0. The Morgan fingerprint density at radius 1 is 1.57 bits per heavy atom. The summed E-state index contributed by atoms with van der Waals surface area (Å²) in [7, 11) is 0. The molecule has 2 rings (SSSR count). The lowest BCUT2D eigenvalue weighted by Crippen LogP contribution is -2.44. The first-order valence-corrected chi connectivity index (χ1v) is 5.53. The minimum Gasteiger partial charge on any atom is -0.386 e. The molecule has 0 amide bonds. The fourth-order valence-corrected chi connectivity index (χ4v) is 2.15. The van der Waals surface area contributed by atoms with Crippen LogP contribution in [-0.4, -0.2) is 49.6 Å². The van der Waals surface area contributed by atoms with Crippen molar-refractivity contribution in [1.29, 1.82) is 0 Å². The molecule has 0 aromatic heterocycles. The molecule has 82 valence electrons. The van der Waals surface area contributed by atoms with Crippen LogP contribution in [0.4, 0.5) is 0 Å². The van der Waals surface area contributed by atoms with E-state index in [4.69, 9.17) is 4.74 Å². The minimum atomic E-state index is -0.612. The van der Waals surface area contributed by atoms with Gasteiger partial charge in [0.25, 0.3) is 0 Å². The highest BCUT2D eigenvalue weighted by Gasteiger charge is 2.31. The SMILES string of the molecule is OC1(CNCC2CCCN2)CCOC1. The van der Waals surface area contributed by atoms with E-state index < -0.39 is 5.60 Å². The Bertz CT molecular complexity index is 175. The zero-order valence-electron chi connectivity index (χ0n) is 8.59. The Kier molecular flexibility index (Phi) is 3.38. The normalized spacial score (nSPS) is 37.9. The number of hydrogen-bond donors (Lipinski definition) is 3. The third-order valence-electron chi connectivity index (χ3n) is 3.09. The summed E-state index contributed by atoms with van der Waals surface area (Å²) in [5.41, 5.74) is -0.612. The fraction of sp³-hybridized carbons (Fsp3) is 1.00. The van der Waals surface area contributed by atoms with Crippen LogP contribution in [-0.2, 0) is 4.74 Å². The van der Waals surface area contributed by atoms with Crippen molar-refractivity contribution in [2.75, 3.05) is 32.8 Å². The predicted molar refractivity (Wildman–Crippen MR) is 54.3 cm³/mol. The zero-order valence-corrected chi connectivity index (χ0v) is 8.59. The van der Waals surface area contributed by atoms with Gasteiger partial charge < -0.3 is 20.5 Å². The van der Waals surface area contributed by atoms with Crippen molar-refractivity contribution in [2.45, 2.75) is 30.9 Å². The third-order valence-corrected chi connectivity index (χ3v) is 3.09. The van der Waals surface area contributed by atoms with Gasteiger partial charge in [0, 0.05) is 32.2 Å². The van der Waals surface area contributed by atoms with Crippen molar-refractivity contribution in [3.63, 3.8) is 0 Å². The van der Waals surface area contributed by atoms with Crippen molar-refractivity contribution >= 4 is 0 Å². The van der Waals surface area contributed by atoms with E-state index in [1.165, 1.54) is 12.8 Å². The summed E-state index contributed by atoms with van der Waals surface area (Å²) in [5.74, 6) is 0. The van der Waals surface area contributed by atoms with Gasteiger partial charge in [-0.1, -0.05) is 0 Å².